The molecule has 0 amide bonds. The molecule has 6 nitrogen and oxygen atoms in total. The van der Waals surface area contributed by atoms with Crippen molar-refractivity contribution >= 4 is 17.0 Å². The summed E-state index contributed by atoms with van der Waals surface area (Å²) >= 11 is 0. The molecule has 0 aliphatic carbocycles. The maximum atomic E-state index is 9.00. The average molecular weight is 193 g/mol. The number of imidazole rings is 1. The van der Waals surface area contributed by atoms with Crippen molar-refractivity contribution in [2.75, 3.05) is 19.0 Å². The molecule has 0 saturated heterocycles. The molecule has 0 atom stereocenters. The van der Waals surface area contributed by atoms with Gasteiger partial charge in [0.15, 0.2) is 17.0 Å². The molecule has 2 rings (SSSR count). The number of aliphatic hydroxyl groups excluding tert-OH is 1. The highest BCUT2D eigenvalue weighted by molar-refractivity contribution is 5.82. The van der Waals surface area contributed by atoms with Crippen molar-refractivity contribution in [3.63, 3.8) is 0 Å². The van der Waals surface area contributed by atoms with Gasteiger partial charge in [-0.3, -0.25) is 4.57 Å². The van der Waals surface area contributed by atoms with Gasteiger partial charge in [-0.2, -0.15) is 0 Å². The fraction of sp³-hybridized carbons (Fsp3) is 0.375. The zero-order valence-electron chi connectivity index (χ0n) is 8.05. The molecule has 2 aromatic heterocycles. The number of hydrogen-bond acceptors (Lipinski definition) is 5. The number of hydrogen-bond donors (Lipinski definition) is 1. The van der Waals surface area contributed by atoms with Crippen LogP contribution in [0.2, 0.25) is 0 Å². The number of nitrogens with zero attached hydrogens (tertiary/aromatic N) is 5. The van der Waals surface area contributed by atoms with Crippen LogP contribution in [0.25, 0.3) is 11.2 Å². The molecule has 6 heteroatoms. The van der Waals surface area contributed by atoms with Crippen LogP contribution < -0.4 is 4.90 Å². The summed E-state index contributed by atoms with van der Waals surface area (Å²) in [6.07, 6.45) is 3.01. The van der Waals surface area contributed by atoms with Gasteiger partial charge in [0.25, 0.3) is 0 Å². The van der Waals surface area contributed by atoms with E-state index in [2.05, 4.69) is 15.0 Å². The second-order valence-electron chi connectivity index (χ2n) is 3.12. The van der Waals surface area contributed by atoms with E-state index in [0.717, 1.165) is 5.82 Å². The van der Waals surface area contributed by atoms with Gasteiger partial charge >= 0.3 is 0 Å². The van der Waals surface area contributed by atoms with Crippen LogP contribution in [0.1, 0.15) is 0 Å². The topological polar surface area (TPSA) is 67.1 Å². The van der Waals surface area contributed by atoms with Crippen LogP contribution in [0.5, 0.6) is 0 Å². The molecule has 0 aliphatic heterocycles. The van der Waals surface area contributed by atoms with E-state index in [0.29, 0.717) is 11.2 Å². The molecular weight excluding hydrogens is 182 g/mol. The first-order chi connectivity index (χ1) is 6.74. The normalized spacial score (nSPS) is 10.8. The third-order valence-corrected chi connectivity index (χ3v) is 1.96. The third-order valence-electron chi connectivity index (χ3n) is 1.96. The molecule has 0 unspecified atom stereocenters. The first-order valence-corrected chi connectivity index (χ1v) is 4.18. The van der Waals surface area contributed by atoms with Crippen LogP contribution in [-0.4, -0.2) is 38.7 Å². The van der Waals surface area contributed by atoms with Crippen LogP contribution in [0, 0.1) is 0 Å². The van der Waals surface area contributed by atoms with E-state index >= 15 is 0 Å². The molecule has 2 heterocycles. The van der Waals surface area contributed by atoms with Crippen molar-refractivity contribution in [2.24, 2.45) is 0 Å². The lowest BCUT2D eigenvalue weighted by Gasteiger charge is -2.10. The van der Waals surface area contributed by atoms with Crippen molar-refractivity contribution in [1.29, 1.82) is 0 Å². The van der Waals surface area contributed by atoms with E-state index in [1.54, 1.807) is 10.9 Å². The highest BCUT2D eigenvalue weighted by Crippen LogP contribution is 2.18. The Morgan fingerprint density at radius 3 is 2.79 bits per heavy atom. The standard InChI is InChI=1S/C8H11N5O/c1-12(2)7-6-8(10-3-9-7)13(5-14)4-11-6/h3-4,14H,5H2,1-2H3. The number of fused-ring (bicyclic) bond motifs is 1. The van der Waals surface area contributed by atoms with Crippen molar-refractivity contribution in [2.45, 2.75) is 6.73 Å². The van der Waals surface area contributed by atoms with E-state index in [4.69, 9.17) is 5.11 Å². The Morgan fingerprint density at radius 2 is 2.14 bits per heavy atom. The Bertz CT molecular complexity index is 450. The smallest absolute Gasteiger partial charge is 0.167 e. The van der Waals surface area contributed by atoms with Crippen molar-refractivity contribution < 1.29 is 5.11 Å². The molecule has 0 aliphatic rings. The summed E-state index contributed by atoms with van der Waals surface area (Å²) in [6, 6.07) is 0. The lowest BCUT2D eigenvalue weighted by atomic mass is 10.4. The van der Waals surface area contributed by atoms with E-state index in [1.807, 2.05) is 19.0 Å². The van der Waals surface area contributed by atoms with E-state index in [1.165, 1.54) is 6.33 Å². The lowest BCUT2D eigenvalue weighted by molar-refractivity contribution is 0.214. The Kier molecular flexibility index (Phi) is 2.05. The van der Waals surface area contributed by atoms with Gasteiger partial charge in [-0.25, -0.2) is 15.0 Å². The molecule has 0 spiro atoms. The van der Waals surface area contributed by atoms with Gasteiger partial charge in [0, 0.05) is 14.1 Å². The van der Waals surface area contributed by atoms with Crippen molar-refractivity contribution in [3.8, 4) is 0 Å². The minimum absolute atomic E-state index is 0.125. The second-order valence-corrected chi connectivity index (χ2v) is 3.12. The molecule has 0 radical (unpaired) electrons. The van der Waals surface area contributed by atoms with Gasteiger partial charge in [0.2, 0.25) is 0 Å². The number of rotatable bonds is 2. The summed E-state index contributed by atoms with van der Waals surface area (Å²) in [7, 11) is 3.78. The largest absolute Gasteiger partial charge is 0.376 e. The lowest BCUT2D eigenvalue weighted by Crippen LogP contribution is -2.11. The zero-order valence-corrected chi connectivity index (χ0v) is 8.05. The quantitative estimate of drug-likeness (QED) is 0.718. The summed E-state index contributed by atoms with van der Waals surface area (Å²) in [5.41, 5.74) is 1.35. The number of anilines is 1. The minimum atomic E-state index is -0.125. The SMILES string of the molecule is CN(C)c1ncnc2c1ncn2CO. The Morgan fingerprint density at radius 1 is 1.36 bits per heavy atom. The van der Waals surface area contributed by atoms with Gasteiger partial charge in [-0.15, -0.1) is 0 Å². The van der Waals surface area contributed by atoms with Crippen molar-refractivity contribution in [1.82, 2.24) is 19.5 Å². The summed E-state index contributed by atoms with van der Waals surface area (Å²) in [4.78, 5) is 14.2. The molecule has 2 aromatic rings. The fourth-order valence-electron chi connectivity index (χ4n) is 1.30. The third kappa shape index (κ3) is 1.20. The van der Waals surface area contributed by atoms with Gasteiger partial charge < -0.3 is 10.0 Å². The van der Waals surface area contributed by atoms with Crippen LogP contribution in [0.15, 0.2) is 12.7 Å². The van der Waals surface area contributed by atoms with E-state index in [-0.39, 0.29) is 6.73 Å². The Balaban J connectivity index is 2.70. The molecule has 0 bridgehead atoms. The molecule has 74 valence electrons. The first-order valence-electron chi connectivity index (χ1n) is 4.18. The number of aliphatic hydroxyl groups is 1. The predicted molar refractivity (Wildman–Crippen MR) is 51.9 cm³/mol. The molecule has 14 heavy (non-hydrogen) atoms. The van der Waals surface area contributed by atoms with E-state index in [9.17, 15) is 0 Å². The van der Waals surface area contributed by atoms with Gasteiger partial charge in [-0.05, 0) is 0 Å². The van der Waals surface area contributed by atoms with Crippen LogP contribution in [0.3, 0.4) is 0 Å². The fourth-order valence-corrected chi connectivity index (χ4v) is 1.30. The second kappa shape index (κ2) is 3.22. The highest BCUT2D eigenvalue weighted by atomic mass is 16.3. The average Bonchev–Trinajstić information content (AvgIpc) is 2.59. The Hall–Kier alpha value is -1.69. The highest BCUT2D eigenvalue weighted by Gasteiger charge is 2.10. The van der Waals surface area contributed by atoms with Crippen LogP contribution in [-0.2, 0) is 6.73 Å². The predicted octanol–water partition coefficient (Wildman–Crippen LogP) is -0.158. The number of aromatic nitrogens is 4. The van der Waals surface area contributed by atoms with Crippen LogP contribution >= 0.6 is 0 Å². The summed E-state index contributed by atoms with van der Waals surface area (Å²) in [5.74, 6) is 0.752. The Labute approximate surface area is 80.8 Å². The van der Waals surface area contributed by atoms with E-state index < -0.39 is 0 Å². The van der Waals surface area contributed by atoms with Gasteiger partial charge in [-0.1, -0.05) is 0 Å². The van der Waals surface area contributed by atoms with Crippen LogP contribution in [0.4, 0.5) is 5.82 Å². The molecule has 0 saturated carbocycles. The summed E-state index contributed by atoms with van der Waals surface area (Å²) < 4.78 is 1.56. The maximum absolute atomic E-state index is 9.00. The van der Waals surface area contributed by atoms with Crippen molar-refractivity contribution in [3.05, 3.63) is 12.7 Å². The molecular formula is C8H11N5O. The minimum Gasteiger partial charge on any atom is -0.376 e. The summed E-state index contributed by atoms with van der Waals surface area (Å²) in [5, 5.41) is 9.00. The van der Waals surface area contributed by atoms with Gasteiger partial charge in [0.05, 0.1) is 6.33 Å². The van der Waals surface area contributed by atoms with Gasteiger partial charge in [0.1, 0.15) is 13.1 Å². The summed E-state index contributed by atoms with van der Waals surface area (Å²) in [6.45, 7) is -0.125. The monoisotopic (exact) mass is 193 g/mol. The molecule has 1 N–H and O–H groups in total. The molecule has 0 fully saturated rings. The maximum Gasteiger partial charge on any atom is 0.167 e. The zero-order chi connectivity index (χ0) is 10.1. The first kappa shape index (κ1) is 8.89. The molecule has 0 aromatic carbocycles.